The minimum atomic E-state index is -1.15. The average molecular weight is 487 g/mol. The number of carboxylic acids is 1. The second-order valence-electron chi connectivity index (χ2n) is 9.17. The molecule has 0 aromatic carbocycles. The second kappa shape index (κ2) is 17.2. The summed E-state index contributed by atoms with van der Waals surface area (Å²) in [6, 6.07) is -3.70. The summed E-state index contributed by atoms with van der Waals surface area (Å²) in [5.41, 5.74) is 17.0. The Kier molecular flexibility index (Phi) is 16.1. The van der Waals surface area contributed by atoms with E-state index in [4.69, 9.17) is 17.2 Å². The number of hydrogen-bond donors (Lipinski definition) is 7. The predicted octanol–water partition coefficient (Wildman–Crippen LogP) is -0.187. The molecular weight excluding hydrogens is 440 g/mol. The van der Waals surface area contributed by atoms with Gasteiger partial charge in [0.2, 0.25) is 17.7 Å². The molecule has 0 aromatic rings. The Hall–Kier alpha value is -2.24. The molecule has 10 N–H and O–H groups in total. The molecular formula is C23H46N6O5. The highest BCUT2D eigenvalue weighted by atomic mass is 16.4. The van der Waals surface area contributed by atoms with E-state index in [2.05, 4.69) is 16.0 Å². The molecule has 11 heteroatoms. The molecule has 5 unspecified atom stereocenters. The van der Waals surface area contributed by atoms with Crippen molar-refractivity contribution in [1.82, 2.24) is 16.0 Å². The Morgan fingerprint density at radius 2 is 1.26 bits per heavy atom. The number of nitrogens with two attached hydrogens (primary N) is 3. The highest BCUT2D eigenvalue weighted by Crippen LogP contribution is 2.10. The maximum absolute atomic E-state index is 13.1. The molecule has 0 aliphatic rings. The molecule has 34 heavy (non-hydrogen) atoms. The van der Waals surface area contributed by atoms with Crippen molar-refractivity contribution >= 4 is 23.7 Å². The lowest BCUT2D eigenvalue weighted by Gasteiger charge is -2.28. The highest BCUT2D eigenvalue weighted by Gasteiger charge is 2.32. The van der Waals surface area contributed by atoms with E-state index in [1.165, 1.54) is 0 Å². The molecule has 0 bridgehead atoms. The molecule has 3 amide bonds. The Balaban J connectivity index is 5.43. The van der Waals surface area contributed by atoms with Crippen LogP contribution in [-0.2, 0) is 19.2 Å². The molecule has 5 atom stereocenters. The number of amides is 3. The standard InChI is InChI=1S/C23H46N6O5/c1-5-15(4)18(26)21(31)29-19(14(2)3)22(32)27-16(10-6-8-12-24)20(30)28-17(23(33)34)11-7-9-13-25/h14-19H,5-13,24-26H2,1-4H3,(H,27,32)(H,28,30)(H,29,31)(H,33,34). The topological polar surface area (TPSA) is 203 Å². The number of hydrogen-bond acceptors (Lipinski definition) is 7. The van der Waals surface area contributed by atoms with E-state index in [0.717, 1.165) is 0 Å². The minimum absolute atomic E-state index is 0.0575. The number of carbonyl (C=O) groups excluding carboxylic acids is 3. The van der Waals surface area contributed by atoms with E-state index in [-0.39, 0.29) is 24.7 Å². The van der Waals surface area contributed by atoms with E-state index in [0.29, 0.717) is 45.2 Å². The van der Waals surface area contributed by atoms with Crippen LogP contribution in [0.4, 0.5) is 0 Å². The molecule has 0 spiro atoms. The van der Waals surface area contributed by atoms with Crippen LogP contribution in [0, 0.1) is 11.8 Å². The van der Waals surface area contributed by atoms with Gasteiger partial charge >= 0.3 is 5.97 Å². The second-order valence-corrected chi connectivity index (χ2v) is 9.17. The molecule has 0 fully saturated rings. The van der Waals surface area contributed by atoms with Gasteiger partial charge in [-0.25, -0.2) is 4.79 Å². The molecule has 0 aliphatic heterocycles. The first-order chi connectivity index (χ1) is 16.0. The number of aliphatic carboxylic acids is 1. The summed E-state index contributed by atoms with van der Waals surface area (Å²) in [6.45, 7) is 8.20. The van der Waals surface area contributed by atoms with E-state index in [9.17, 15) is 24.3 Å². The van der Waals surface area contributed by atoms with Crippen molar-refractivity contribution in [3.05, 3.63) is 0 Å². The van der Waals surface area contributed by atoms with Gasteiger partial charge in [-0.1, -0.05) is 34.1 Å². The Labute approximate surface area is 203 Å². The summed E-state index contributed by atoms with van der Waals surface area (Å²) in [5.74, 6) is -3.01. The highest BCUT2D eigenvalue weighted by molar-refractivity contribution is 5.94. The van der Waals surface area contributed by atoms with Gasteiger partial charge in [-0.3, -0.25) is 14.4 Å². The first kappa shape index (κ1) is 31.8. The van der Waals surface area contributed by atoms with Crippen LogP contribution in [0.25, 0.3) is 0 Å². The van der Waals surface area contributed by atoms with E-state index in [1.54, 1.807) is 13.8 Å². The molecule has 0 heterocycles. The molecule has 198 valence electrons. The van der Waals surface area contributed by atoms with Gasteiger partial charge in [-0.15, -0.1) is 0 Å². The SMILES string of the molecule is CCC(C)C(N)C(=O)NC(C(=O)NC(CCCCN)C(=O)NC(CCCCN)C(=O)O)C(C)C. The lowest BCUT2D eigenvalue weighted by molar-refractivity contribution is -0.142. The van der Waals surface area contributed by atoms with Crippen LogP contribution in [0.15, 0.2) is 0 Å². The summed E-state index contributed by atoms with van der Waals surface area (Å²) in [4.78, 5) is 50.1. The van der Waals surface area contributed by atoms with Gasteiger partial charge in [0, 0.05) is 0 Å². The van der Waals surface area contributed by atoms with E-state index < -0.39 is 47.9 Å². The van der Waals surface area contributed by atoms with Crippen LogP contribution in [0.3, 0.4) is 0 Å². The fourth-order valence-corrected chi connectivity index (χ4v) is 3.34. The van der Waals surface area contributed by atoms with Crippen LogP contribution in [0.1, 0.15) is 72.6 Å². The van der Waals surface area contributed by atoms with Crippen molar-refractivity contribution in [2.45, 2.75) is 96.8 Å². The van der Waals surface area contributed by atoms with Crippen molar-refractivity contribution in [2.75, 3.05) is 13.1 Å². The molecule has 11 nitrogen and oxygen atoms in total. The maximum atomic E-state index is 13.1. The normalized spacial score (nSPS) is 15.6. The Bertz CT molecular complexity index is 645. The van der Waals surface area contributed by atoms with Gasteiger partial charge < -0.3 is 38.3 Å². The third kappa shape index (κ3) is 11.8. The average Bonchev–Trinajstić information content (AvgIpc) is 2.79. The van der Waals surface area contributed by atoms with Crippen LogP contribution in [0.2, 0.25) is 0 Å². The van der Waals surface area contributed by atoms with E-state index in [1.807, 2.05) is 13.8 Å². The predicted molar refractivity (Wildman–Crippen MR) is 132 cm³/mol. The number of unbranched alkanes of at least 4 members (excludes halogenated alkanes) is 2. The van der Waals surface area contributed by atoms with Gasteiger partial charge in [-0.05, 0) is 63.5 Å². The number of nitrogens with one attached hydrogen (secondary N) is 3. The van der Waals surface area contributed by atoms with Crippen LogP contribution in [-0.4, -0.2) is 66.1 Å². The smallest absolute Gasteiger partial charge is 0.326 e. The molecule has 0 saturated heterocycles. The maximum Gasteiger partial charge on any atom is 0.326 e. The van der Waals surface area contributed by atoms with Gasteiger partial charge in [-0.2, -0.15) is 0 Å². The zero-order valence-corrected chi connectivity index (χ0v) is 21.1. The fraction of sp³-hybridized carbons (Fsp3) is 0.826. The van der Waals surface area contributed by atoms with Gasteiger partial charge in [0.1, 0.15) is 18.1 Å². The third-order valence-electron chi connectivity index (χ3n) is 5.95. The summed E-state index contributed by atoms with van der Waals surface area (Å²) in [5, 5.41) is 17.4. The Morgan fingerprint density at radius 1 is 0.765 bits per heavy atom. The van der Waals surface area contributed by atoms with E-state index >= 15 is 0 Å². The summed E-state index contributed by atoms with van der Waals surface area (Å²) in [6.07, 6.45) is 3.65. The lowest BCUT2D eigenvalue weighted by atomic mass is 9.97. The summed E-state index contributed by atoms with van der Waals surface area (Å²) >= 11 is 0. The molecule has 0 rings (SSSR count). The van der Waals surface area contributed by atoms with Crippen molar-refractivity contribution in [1.29, 1.82) is 0 Å². The summed E-state index contributed by atoms with van der Waals surface area (Å²) < 4.78 is 0. The van der Waals surface area contributed by atoms with Crippen LogP contribution < -0.4 is 33.2 Å². The van der Waals surface area contributed by atoms with Crippen LogP contribution in [0.5, 0.6) is 0 Å². The van der Waals surface area contributed by atoms with Crippen molar-refractivity contribution in [3.8, 4) is 0 Å². The monoisotopic (exact) mass is 486 g/mol. The largest absolute Gasteiger partial charge is 0.480 e. The zero-order valence-electron chi connectivity index (χ0n) is 21.1. The lowest BCUT2D eigenvalue weighted by Crippen LogP contribution is -2.58. The molecule has 0 radical (unpaired) electrons. The fourth-order valence-electron chi connectivity index (χ4n) is 3.34. The number of carbonyl (C=O) groups is 4. The Morgan fingerprint density at radius 3 is 1.71 bits per heavy atom. The van der Waals surface area contributed by atoms with Crippen LogP contribution >= 0.6 is 0 Å². The third-order valence-corrected chi connectivity index (χ3v) is 5.95. The molecule has 0 aromatic heterocycles. The van der Waals surface area contributed by atoms with Gasteiger partial charge in [0.25, 0.3) is 0 Å². The van der Waals surface area contributed by atoms with Crippen molar-refractivity contribution in [2.24, 2.45) is 29.0 Å². The molecule has 0 aliphatic carbocycles. The number of carboxylic acid groups (broad SMARTS) is 1. The minimum Gasteiger partial charge on any atom is -0.480 e. The van der Waals surface area contributed by atoms with Gasteiger partial charge in [0.15, 0.2) is 0 Å². The molecule has 0 saturated carbocycles. The quantitative estimate of drug-likeness (QED) is 0.129. The first-order valence-corrected chi connectivity index (χ1v) is 12.3. The first-order valence-electron chi connectivity index (χ1n) is 12.3. The van der Waals surface area contributed by atoms with Crippen molar-refractivity contribution in [3.63, 3.8) is 0 Å². The zero-order chi connectivity index (χ0) is 26.3. The van der Waals surface area contributed by atoms with Gasteiger partial charge in [0.05, 0.1) is 6.04 Å². The number of rotatable bonds is 18. The van der Waals surface area contributed by atoms with Crippen molar-refractivity contribution < 1.29 is 24.3 Å². The summed E-state index contributed by atoms with van der Waals surface area (Å²) in [7, 11) is 0.